The molecule has 0 aliphatic rings. The zero-order valence-electron chi connectivity index (χ0n) is 12.9. The second-order valence-electron chi connectivity index (χ2n) is 5.42. The van der Waals surface area contributed by atoms with Crippen LogP contribution in [0.25, 0.3) is 0 Å². The SMILES string of the molecule is CC(OCc1cc(C(F)(F)F)cc(C(F)(F)F)c1)c1ccc(Cl)cc1. The number of hydrogen-bond donors (Lipinski definition) is 0. The van der Waals surface area contributed by atoms with Crippen molar-refractivity contribution in [1.29, 1.82) is 0 Å². The van der Waals surface area contributed by atoms with Gasteiger partial charge in [-0.15, -0.1) is 0 Å². The summed E-state index contributed by atoms with van der Waals surface area (Å²) < 4.78 is 82.3. The quantitative estimate of drug-likeness (QED) is 0.537. The first-order chi connectivity index (χ1) is 11.5. The molecule has 2 aromatic rings. The molecular formula is C17H13ClF6O. The van der Waals surface area contributed by atoms with E-state index in [9.17, 15) is 26.3 Å². The van der Waals surface area contributed by atoms with Crippen LogP contribution < -0.4 is 0 Å². The number of ether oxygens (including phenoxy) is 1. The average molecular weight is 383 g/mol. The number of alkyl halides is 6. The molecule has 0 aliphatic heterocycles. The summed E-state index contributed by atoms with van der Waals surface area (Å²) in [5, 5.41) is 0.503. The van der Waals surface area contributed by atoms with Crippen LogP contribution in [0.3, 0.4) is 0 Å². The molecule has 0 spiro atoms. The summed E-state index contributed by atoms with van der Waals surface area (Å²) in [7, 11) is 0. The Kier molecular flexibility index (Phi) is 5.68. The van der Waals surface area contributed by atoms with E-state index in [4.69, 9.17) is 16.3 Å². The summed E-state index contributed by atoms with van der Waals surface area (Å²) in [6, 6.07) is 7.96. The molecule has 0 radical (unpaired) electrons. The molecule has 1 unspecified atom stereocenters. The number of rotatable bonds is 4. The van der Waals surface area contributed by atoms with Crippen molar-refractivity contribution >= 4 is 11.6 Å². The van der Waals surface area contributed by atoms with E-state index in [0.29, 0.717) is 22.7 Å². The maximum atomic E-state index is 12.8. The minimum absolute atomic E-state index is 0.0894. The normalized spacial score (nSPS) is 13.8. The van der Waals surface area contributed by atoms with Crippen LogP contribution >= 0.6 is 11.6 Å². The van der Waals surface area contributed by atoms with Gasteiger partial charge in [0.15, 0.2) is 0 Å². The molecule has 0 heterocycles. The minimum Gasteiger partial charge on any atom is -0.369 e. The molecule has 136 valence electrons. The van der Waals surface area contributed by atoms with Crippen molar-refractivity contribution in [2.75, 3.05) is 0 Å². The molecule has 2 aromatic carbocycles. The van der Waals surface area contributed by atoms with Crippen LogP contribution in [0.1, 0.15) is 35.3 Å². The minimum atomic E-state index is -4.88. The summed E-state index contributed by atoms with van der Waals surface area (Å²) >= 11 is 5.76. The van der Waals surface area contributed by atoms with Gasteiger partial charge in [-0.2, -0.15) is 26.3 Å². The standard InChI is InChI=1S/C17H13ClF6O/c1-10(12-2-4-15(18)5-3-12)25-9-11-6-13(16(19,20)21)8-14(7-11)17(22,23)24/h2-8,10H,9H2,1H3. The summed E-state index contributed by atoms with van der Waals surface area (Å²) in [5.74, 6) is 0. The highest BCUT2D eigenvalue weighted by atomic mass is 35.5. The maximum Gasteiger partial charge on any atom is 0.416 e. The van der Waals surface area contributed by atoms with Gasteiger partial charge in [0, 0.05) is 5.02 Å². The van der Waals surface area contributed by atoms with Gasteiger partial charge in [-0.3, -0.25) is 0 Å². The van der Waals surface area contributed by atoms with Crippen molar-refractivity contribution in [2.45, 2.75) is 32.0 Å². The largest absolute Gasteiger partial charge is 0.416 e. The van der Waals surface area contributed by atoms with Crippen LogP contribution in [0.5, 0.6) is 0 Å². The smallest absolute Gasteiger partial charge is 0.369 e. The highest BCUT2D eigenvalue weighted by molar-refractivity contribution is 6.30. The number of halogens is 7. The lowest BCUT2D eigenvalue weighted by Crippen LogP contribution is -2.12. The van der Waals surface area contributed by atoms with Crippen LogP contribution in [0.15, 0.2) is 42.5 Å². The van der Waals surface area contributed by atoms with E-state index in [2.05, 4.69) is 0 Å². The molecule has 2 rings (SSSR count). The van der Waals surface area contributed by atoms with Crippen molar-refractivity contribution in [3.8, 4) is 0 Å². The van der Waals surface area contributed by atoms with E-state index in [1.165, 1.54) is 0 Å². The van der Waals surface area contributed by atoms with Crippen LogP contribution in [-0.2, 0) is 23.7 Å². The van der Waals surface area contributed by atoms with E-state index >= 15 is 0 Å². The van der Waals surface area contributed by atoms with E-state index in [0.717, 1.165) is 0 Å². The second-order valence-corrected chi connectivity index (χ2v) is 5.86. The van der Waals surface area contributed by atoms with Gasteiger partial charge in [-0.05, 0) is 48.4 Å². The summed E-state index contributed by atoms with van der Waals surface area (Å²) in [5.41, 5.74) is -2.23. The van der Waals surface area contributed by atoms with Crippen LogP contribution in [-0.4, -0.2) is 0 Å². The first-order valence-corrected chi connectivity index (χ1v) is 7.50. The third kappa shape index (κ3) is 5.37. The first-order valence-electron chi connectivity index (χ1n) is 7.12. The van der Waals surface area contributed by atoms with Crippen molar-refractivity contribution in [3.63, 3.8) is 0 Å². The molecule has 0 saturated carbocycles. The van der Waals surface area contributed by atoms with Gasteiger partial charge in [0.25, 0.3) is 0 Å². The lowest BCUT2D eigenvalue weighted by Gasteiger charge is -2.17. The number of benzene rings is 2. The fraction of sp³-hybridized carbons (Fsp3) is 0.294. The van der Waals surface area contributed by atoms with Crippen molar-refractivity contribution < 1.29 is 31.1 Å². The zero-order valence-corrected chi connectivity index (χ0v) is 13.6. The van der Waals surface area contributed by atoms with E-state index in [-0.39, 0.29) is 11.6 Å². The Morgan fingerprint density at radius 2 is 1.36 bits per heavy atom. The van der Waals surface area contributed by atoms with Crippen LogP contribution in [0.4, 0.5) is 26.3 Å². The molecule has 0 saturated heterocycles. The van der Waals surface area contributed by atoms with Gasteiger partial charge < -0.3 is 4.74 Å². The number of hydrogen-bond acceptors (Lipinski definition) is 1. The average Bonchev–Trinajstić information content (AvgIpc) is 2.51. The van der Waals surface area contributed by atoms with Gasteiger partial charge in [-0.1, -0.05) is 23.7 Å². The van der Waals surface area contributed by atoms with E-state index in [1.54, 1.807) is 31.2 Å². The fourth-order valence-corrected chi connectivity index (χ4v) is 2.28. The van der Waals surface area contributed by atoms with Crippen molar-refractivity contribution in [1.82, 2.24) is 0 Å². The monoisotopic (exact) mass is 382 g/mol. The van der Waals surface area contributed by atoms with Gasteiger partial charge in [0.2, 0.25) is 0 Å². The Bertz CT molecular complexity index is 689. The molecule has 0 bridgehead atoms. The van der Waals surface area contributed by atoms with Gasteiger partial charge in [0.05, 0.1) is 23.8 Å². The molecule has 1 nitrogen and oxygen atoms in total. The molecule has 0 aliphatic carbocycles. The predicted octanol–water partition coefficient (Wildman–Crippen LogP) is 6.66. The highest BCUT2D eigenvalue weighted by Crippen LogP contribution is 2.36. The lowest BCUT2D eigenvalue weighted by atomic mass is 10.0. The molecule has 8 heteroatoms. The third-order valence-electron chi connectivity index (χ3n) is 3.49. The summed E-state index contributed by atoms with van der Waals surface area (Å²) in [6.45, 7) is 1.25. The molecule has 25 heavy (non-hydrogen) atoms. The van der Waals surface area contributed by atoms with Gasteiger partial charge >= 0.3 is 12.4 Å². The first kappa shape index (κ1) is 19.6. The van der Waals surface area contributed by atoms with Gasteiger partial charge in [-0.25, -0.2) is 0 Å². The third-order valence-corrected chi connectivity index (χ3v) is 3.74. The highest BCUT2D eigenvalue weighted by Gasteiger charge is 2.36. The topological polar surface area (TPSA) is 9.23 Å². The second kappa shape index (κ2) is 7.25. The Morgan fingerprint density at radius 3 is 1.80 bits per heavy atom. The molecule has 1 atom stereocenters. The molecule has 0 amide bonds. The van der Waals surface area contributed by atoms with E-state index < -0.39 is 36.2 Å². The van der Waals surface area contributed by atoms with Crippen LogP contribution in [0.2, 0.25) is 5.02 Å². The molecule has 0 fully saturated rings. The molecule has 0 aromatic heterocycles. The van der Waals surface area contributed by atoms with Crippen LogP contribution in [0, 0.1) is 0 Å². The Hall–Kier alpha value is -1.73. The van der Waals surface area contributed by atoms with Crippen molar-refractivity contribution in [2.24, 2.45) is 0 Å². The summed E-state index contributed by atoms with van der Waals surface area (Å²) in [6.07, 6.45) is -10.3. The van der Waals surface area contributed by atoms with E-state index in [1.807, 2.05) is 0 Å². The van der Waals surface area contributed by atoms with Gasteiger partial charge in [0.1, 0.15) is 0 Å². The Labute approximate surface area is 145 Å². The fourth-order valence-electron chi connectivity index (χ4n) is 2.15. The molecule has 0 N–H and O–H groups in total. The Morgan fingerprint density at radius 1 is 0.880 bits per heavy atom. The summed E-state index contributed by atoms with van der Waals surface area (Å²) in [4.78, 5) is 0. The molecular weight excluding hydrogens is 370 g/mol. The Balaban J connectivity index is 2.22. The zero-order chi connectivity index (χ0) is 18.8. The lowest BCUT2D eigenvalue weighted by molar-refractivity contribution is -0.143. The maximum absolute atomic E-state index is 12.8. The predicted molar refractivity (Wildman–Crippen MR) is 81.1 cm³/mol. The van der Waals surface area contributed by atoms with Crippen molar-refractivity contribution in [3.05, 3.63) is 69.7 Å².